The number of carbonyl (C=O) groups is 1. The number of aromatic nitrogens is 1. The van der Waals surface area contributed by atoms with Crippen molar-refractivity contribution >= 4 is 62.3 Å². The average molecular weight is 450 g/mol. The number of nitrogens with two attached hydrogens (primary N) is 1. The summed E-state index contributed by atoms with van der Waals surface area (Å²) in [5, 5.41) is 7.04. The molecule has 6 heteroatoms. The molecule has 0 aliphatic rings. The smallest absolute Gasteiger partial charge is 0.249 e. The predicted octanol–water partition coefficient (Wildman–Crippen LogP) is 6.78. The Morgan fingerprint density at radius 3 is 2.70 bits per heavy atom. The second kappa shape index (κ2) is 7.47. The Morgan fingerprint density at radius 2 is 1.97 bits per heavy atom. The van der Waals surface area contributed by atoms with Crippen molar-refractivity contribution in [3.8, 4) is 11.1 Å². The molecule has 0 bridgehead atoms. The molecule has 0 aliphatic carbocycles. The van der Waals surface area contributed by atoms with Crippen LogP contribution in [0.4, 0.5) is 0 Å². The lowest BCUT2D eigenvalue weighted by atomic mass is 10.0. The fourth-order valence-electron chi connectivity index (χ4n) is 3.88. The summed E-state index contributed by atoms with van der Waals surface area (Å²) in [7, 11) is 0. The second-order valence-corrected chi connectivity index (χ2v) is 8.68. The zero-order valence-corrected chi connectivity index (χ0v) is 18.0. The summed E-state index contributed by atoms with van der Waals surface area (Å²) in [5.41, 5.74) is 11.1. The molecule has 0 atom stereocenters. The highest BCUT2D eigenvalue weighted by Crippen LogP contribution is 2.37. The minimum absolute atomic E-state index is 0.451. The van der Waals surface area contributed by atoms with E-state index in [2.05, 4.69) is 33.5 Å². The van der Waals surface area contributed by atoms with Crippen LogP contribution in [0, 0.1) is 6.07 Å². The average Bonchev–Trinajstić information content (AvgIpc) is 3.34. The fraction of sp³-hybridized carbons (Fsp3) is 0.0417. The number of amides is 1. The van der Waals surface area contributed by atoms with Gasteiger partial charge in [-0.1, -0.05) is 35.3 Å². The lowest BCUT2D eigenvalue weighted by Gasteiger charge is -2.09. The number of rotatable bonds is 4. The van der Waals surface area contributed by atoms with E-state index in [1.807, 2.05) is 30.3 Å². The van der Waals surface area contributed by atoms with Crippen LogP contribution in [-0.4, -0.2) is 10.5 Å². The second-order valence-electron chi connectivity index (χ2n) is 7.05. The summed E-state index contributed by atoms with van der Waals surface area (Å²) in [4.78, 5) is 12.1. The van der Waals surface area contributed by atoms with E-state index >= 15 is 0 Å². The molecule has 0 saturated carbocycles. The van der Waals surface area contributed by atoms with Crippen LogP contribution >= 0.6 is 34.5 Å². The molecule has 0 spiro atoms. The first-order valence-electron chi connectivity index (χ1n) is 9.26. The number of benzene rings is 3. The van der Waals surface area contributed by atoms with Crippen molar-refractivity contribution in [1.82, 2.24) is 4.57 Å². The Bertz CT molecular complexity index is 1420. The van der Waals surface area contributed by atoms with Crippen molar-refractivity contribution in [1.29, 1.82) is 0 Å². The maximum atomic E-state index is 12.1. The van der Waals surface area contributed by atoms with Crippen molar-refractivity contribution < 1.29 is 4.79 Å². The molecular formula is C24H15Cl2N2OS. The highest BCUT2D eigenvalue weighted by molar-refractivity contribution is 7.07. The summed E-state index contributed by atoms with van der Waals surface area (Å²) in [6, 6.07) is 20.5. The van der Waals surface area contributed by atoms with Crippen LogP contribution in [0.25, 0.3) is 32.9 Å². The minimum atomic E-state index is -0.451. The van der Waals surface area contributed by atoms with Gasteiger partial charge in [0, 0.05) is 38.5 Å². The molecule has 0 saturated heterocycles. The summed E-state index contributed by atoms with van der Waals surface area (Å²) in [6.07, 6.45) is 0. The summed E-state index contributed by atoms with van der Waals surface area (Å²) in [5.74, 6) is -0.451. The van der Waals surface area contributed by atoms with Crippen LogP contribution in [0.1, 0.15) is 15.9 Å². The number of primary amides is 1. The minimum Gasteiger partial charge on any atom is -0.366 e. The lowest BCUT2D eigenvalue weighted by molar-refractivity contribution is 0.100. The monoisotopic (exact) mass is 449 g/mol. The third kappa shape index (κ3) is 3.18. The van der Waals surface area contributed by atoms with Gasteiger partial charge in [0.25, 0.3) is 0 Å². The quantitative estimate of drug-likeness (QED) is 0.323. The third-order valence-electron chi connectivity index (χ3n) is 5.22. The standard InChI is InChI=1S/C24H15Cl2N2OS/c25-16-5-7-17(20(26)11-16)15-4-6-18-22(10-15)28(12-14-8-9-30-13-14)21-3-1-2-19(23(18)21)24(27)29/h1-5,7-11,13H,12H2,(H2,27,29). The molecule has 5 aromatic rings. The van der Waals surface area contributed by atoms with Gasteiger partial charge < -0.3 is 10.3 Å². The maximum Gasteiger partial charge on any atom is 0.249 e. The van der Waals surface area contributed by atoms with Gasteiger partial charge in [0.2, 0.25) is 5.91 Å². The van der Waals surface area contributed by atoms with Gasteiger partial charge in [-0.3, -0.25) is 4.79 Å². The Kier molecular flexibility index (Phi) is 4.78. The molecule has 30 heavy (non-hydrogen) atoms. The molecule has 1 radical (unpaired) electrons. The highest BCUT2D eigenvalue weighted by atomic mass is 35.5. The van der Waals surface area contributed by atoms with Gasteiger partial charge in [-0.2, -0.15) is 11.3 Å². The molecule has 0 unspecified atom stereocenters. The molecule has 2 aromatic heterocycles. The number of carbonyl (C=O) groups excluding carboxylic acids is 1. The fourth-order valence-corrected chi connectivity index (χ4v) is 5.05. The summed E-state index contributed by atoms with van der Waals surface area (Å²) < 4.78 is 2.20. The normalized spacial score (nSPS) is 11.4. The SMILES string of the molecule is NC(=O)c1cccc2c1c1[c]cc(-c3ccc(Cl)cc3Cl)cc1n2Cc1ccsc1. The van der Waals surface area contributed by atoms with E-state index in [0.29, 0.717) is 22.2 Å². The molecule has 1 amide bonds. The van der Waals surface area contributed by atoms with Crippen LogP contribution in [0.2, 0.25) is 10.0 Å². The van der Waals surface area contributed by atoms with E-state index in [9.17, 15) is 4.79 Å². The van der Waals surface area contributed by atoms with E-state index in [-0.39, 0.29) is 0 Å². The van der Waals surface area contributed by atoms with Crippen LogP contribution in [0.5, 0.6) is 0 Å². The van der Waals surface area contributed by atoms with E-state index in [1.54, 1.807) is 23.5 Å². The van der Waals surface area contributed by atoms with Crippen molar-refractivity contribution in [2.24, 2.45) is 5.73 Å². The Labute approximate surface area is 187 Å². The number of nitrogens with zero attached hydrogens (tertiary/aromatic N) is 1. The first kappa shape index (κ1) is 19.2. The van der Waals surface area contributed by atoms with E-state index < -0.39 is 5.91 Å². The van der Waals surface area contributed by atoms with E-state index in [0.717, 1.165) is 32.9 Å². The van der Waals surface area contributed by atoms with Crippen molar-refractivity contribution in [2.45, 2.75) is 6.54 Å². The Hall–Kier alpha value is -2.79. The van der Waals surface area contributed by atoms with Crippen LogP contribution in [0.15, 0.2) is 65.4 Å². The number of hydrogen-bond donors (Lipinski definition) is 1. The molecule has 2 heterocycles. The van der Waals surface area contributed by atoms with E-state index in [1.165, 1.54) is 5.56 Å². The van der Waals surface area contributed by atoms with Gasteiger partial charge in [-0.15, -0.1) is 0 Å². The van der Waals surface area contributed by atoms with Crippen molar-refractivity contribution in [2.75, 3.05) is 0 Å². The Balaban J connectivity index is 1.82. The zero-order valence-electron chi connectivity index (χ0n) is 15.7. The maximum absolute atomic E-state index is 12.1. The number of fused-ring (bicyclic) bond motifs is 3. The van der Waals surface area contributed by atoms with Gasteiger partial charge in [0.05, 0.1) is 11.0 Å². The molecule has 0 aliphatic heterocycles. The molecule has 0 fully saturated rings. The molecule has 3 nitrogen and oxygen atoms in total. The van der Waals surface area contributed by atoms with Gasteiger partial charge >= 0.3 is 0 Å². The topological polar surface area (TPSA) is 48.0 Å². The molecule has 2 N–H and O–H groups in total. The lowest BCUT2D eigenvalue weighted by Crippen LogP contribution is -2.11. The number of halogens is 2. The predicted molar refractivity (Wildman–Crippen MR) is 126 cm³/mol. The van der Waals surface area contributed by atoms with Crippen molar-refractivity contribution in [3.05, 3.63) is 92.6 Å². The number of thiophene rings is 1. The largest absolute Gasteiger partial charge is 0.366 e. The highest BCUT2D eigenvalue weighted by Gasteiger charge is 2.18. The molecular weight excluding hydrogens is 435 g/mol. The molecule has 147 valence electrons. The van der Waals surface area contributed by atoms with Gasteiger partial charge in [0.1, 0.15) is 0 Å². The number of hydrogen-bond acceptors (Lipinski definition) is 2. The molecule has 3 aromatic carbocycles. The molecule has 5 rings (SSSR count). The van der Waals surface area contributed by atoms with Gasteiger partial charge in [-0.25, -0.2) is 0 Å². The summed E-state index contributed by atoms with van der Waals surface area (Å²) >= 11 is 14.2. The zero-order chi connectivity index (χ0) is 20.8. The van der Waals surface area contributed by atoms with E-state index in [4.69, 9.17) is 28.9 Å². The van der Waals surface area contributed by atoms with Crippen LogP contribution in [0.3, 0.4) is 0 Å². The Morgan fingerprint density at radius 1 is 1.10 bits per heavy atom. The van der Waals surface area contributed by atoms with Crippen LogP contribution < -0.4 is 5.73 Å². The first-order chi connectivity index (χ1) is 14.5. The van der Waals surface area contributed by atoms with Gasteiger partial charge in [-0.05, 0) is 70.4 Å². The van der Waals surface area contributed by atoms with Gasteiger partial charge in [0.15, 0.2) is 0 Å². The van der Waals surface area contributed by atoms with Crippen LogP contribution in [-0.2, 0) is 6.54 Å². The summed E-state index contributed by atoms with van der Waals surface area (Å²) in [6.45, 7) is 0.678. The third-order valence-corrected chi connectivity index (χ3v) is 6.50. The first-order valence-corrected chi connectivity index (χ1v) is 11.0. The van der Waals surface area contributed by atoms with Crippen molar-refractivity contribution in [3.63, 3.8) is 0 Å².